The van der Waals surface area contributed by atoms with E-state index in [1.54, 1.807) is 0 Å². The Bertz CT molecular complexity index is 444. The van der Waals surface area contributed by atoms with Crippen LogP contribution in [-0.4, -0.2) is 31.1 Å². The third kappa shape index (κ3) is 3.27. The first-order valence-corrected chi connectivity index (χ1v) is 8.01. The van der Waals surface area contributed by atoms with Gasteiger partial charge in [-0.3, -0.25) is 4.99 Å². The summed E-state index contributed by atoms with van der Waals surface area (Å²) in [7, 11) is -0.306. The van der Waals surface area contributed by atoms with E-state index >= 15 is 0 Å². The third-order valence-electron chi connectivity index (χ3n) is 5.27. The minimum Gasteiger partial charge on any atom is -0.399 e. The molecule has 2 rings (SSSR count). The van der Waals surface area contributed by atoms with Crippen LogP contribution < -0.4 is 0 Å². The van der Waals surface area contributed by atoms with Crippen molar-refractivity contribution < 1.29 is 9.31 Å². The minimum absolute atomic E-state index is 0.249. The van der Waals surface area contributed by atoms with Crippen molar-refractivity contribution in [2.45, 2.75) is 66.6 Å². The van der Waals surface area contributed by atoms with Gasteiger partial charge in [0.05, 0.1) is 11.2 Å². The summed E-state index contributed by atoms with van der Waals surface area (Å²) in [5.74, 6) is 0.996. The van der Waals surface area contributed by atoms with Crippen molar-refractivity contribution in [1.29, 1.82) is 0 Å². The molecule has 2 atom stereocenters. The number of hydrogen-bond donors (Lipinski definition) is 0. The molecule has 21 heavy (non-hydrogen) atoms. The summed E-state index contributed by atoms with van der Waals surface area (Å²) in [5, 5.41) is 0. The quantitative estimate of drug-likeness (QED) is 0.685. The zero-order valence-electron chi connectivity index (χ0n) is 14.9. The van der Waals surface area contributed by atoms with Gasteiger partial charge >= 0.3 is 7.12 Å². The average Bonchev–Trinajstić information content (AvgIpc) is 2.46. The largest absolute Gasteiger partial charge is 0.496 e. The molecule has 2 unspecified atom stereocenters. The summed E-state index contributed by atoms with van der Waals surface area (Å²) in [6.07, 6.45) is 4.24. The summed E-state index contributed by atoms with van der Waals surface area (Å²) in [6.45, 7) is 18.4. The van der Waals surface area contributed by atoms with Gasteiger partial charge < -0.3 is 9.31 Å². The first-order chi connectivity index (χ1) is 9.44. The van der Waals surface area contributed by atoms with Crippen molar-refractivity contribution >= 4 is 13.3 Å². The molecule has 2 heterocycles. The molecule has 0 aromatic carbocycles. The van der Waals surface area contributed by atoms with Crippen LogP contribution in [0.1, 0.15) is 55.4 Å². The Hall–Kier alpha value is -0.605. The van der Waals surface area contributed by atoms with E-state index in [0.29, 0.717) is 11.8 Å². The van der Waals surface area contributed by atoms with Crippen LogP contribution in [0.4, 0.5) is 0 Å². The maximum Gasteiger partial charge on any atom is 0.496 e. The molecule has 0 radical (unpaired) electrons. The van der Waals surface area contributed by atoms with E-state index in [-0.39, 0.29) is 23.7 Å². The smallest absolute Gasteiger partial charge is 0.399 e. The Morgan fingerprint density at radius 2 is 1.67 bits per heavy atom. The molecule has 2 aliphatic heterocycles. The maximum absolute atomic E-state index is 6.15. The lowest BCUT2D eigenvalue weighted by Gasteiger charge is -2.32. The molecule has 0 aromatic heterocycles. The maximum atomic E-state index is 6.15. The van der Waals surface area contributed by atoms with Crippen LogP contribution in [0.5, 0.6) is 0 Å². The van der Waals surface area contributed by atoms with Gasteiger partial charge in [0, 0.05) is 12.8 Å². The van der Waals surface area contributed by atoms with Crippen LogP contribution in [-0.2, 0) is 9.31 Å². The molecule has 0 spiro atoms. The Morgan fingerprint density at radius 3 is 2.14 bits per heavy atom. The number of nitrogens with zero attached hydrogens (tertiary/aromatic N) is 1. The topological polar surface area (TPSA) is 30.8 Å². The zero-order chi connectivity index (χ0) is 16.1. The standard InChI is InChI=1S/C17H30BNO2/c1-12-9-13(10-19-11-14(12)15(2,3)4)18-20-16(5,6)17(7,8)21-18/h9-10,12,14H,11H2,1-8H3. The van der Waals surface area contributed by atoms with E-state index in [2.05, 4.69) is 66.5 Å². The molecule has 1 fully saturated rings. The molecular formula is C17H30BNO2. The Kier molecular flexibility index (Phi) is 4.18. The van der Waals surface area contributed by atoms with E-state index in [1.807, 2.05) is 6.21 Å². The summed E-state index contributed by atoms with van der Waals surface area (Å²) < 4.78 is 12.3. The van der Waals surface area contributed by atoms with Crippen molar-refractivity contribution in [3.05, 3.63) is 11.5 Å². The Morgan fingerprint density at radius 1 is 1.14 bits per heavy atom. The molecular weight excluding hydrogens is 261 g/mol. The molecule has 1 saturated heterocycles. The lowest BCUT2D eigenvalue weighted by Crippen LogP contribution is -2.41. The molecule has 0 amide bonds. The van der Waals surface area contributed by atoms with Crippen LogP contribution in [0.15, 0.2) is 16.5 Å². The molecule has 4 heteroatoms. The van der Waals surface area contributed by atoms with Gasteiger partial charge in [-0.1, -0.05) is 33.8 Å². The highest BCUT2D eigenvalue weighted by atomic mass is 16.7. The zero-order valence-corrected chi connectivity index (χ0v) is 14.9. The molecule has 0 aliphatic carbocycles. The number of aliphatic imine (C=N–C) groups is 1. The predicted molar refractivity (Wildman–Crippen MR) is 89.6 cm³/mol. The van der Waals surface area contributed by atoms with E-state index in [1.165, 1.54) is 0 Å². The molecule has 118 valence electrons. The normalized spacial score (nSPS) is 32.0. The fourth-order valence-electron chi connectivity index (χ4n) is 3.08. The second-order valence-corrected chi connectivity index (χ2v) is 8.58. The van der Waals surface area contributed by atoms with E-state index < -0.39 is 0 Å². The summed E-state index contributed by atoms with van der Waals surface area (Å²) in [6, 6.07) is 0. The molecule has 3 nitrogen and oxygen atoms in total. The molecule has 0 N–H and O–H groups in total. The van der Waals surface area contributed by atoms with Crippen molar-refractivity contribution in [2.75, 3.05) is 6.54 Å². The van der Waals surface area contributed by atoms with Crippen molar-refractivity contribution in [2.24, 2.45) is 22.2 Å². The van der Waals surface area contributed by atoms with E-state index in [9.17, 15) is 0 Å². The van der Waals surface area contributed by atoms with Crippen LogP contribution in [0, 0.1) is 17.3 Å². The lowest BCUT2D eigenvalue weighted by atomic mass is 9.71. The highest BCUT2D eigenvalue weighted by Crippen LogP contribution is 2.40. The Balaban J connectivity index is 2.23. The van der Waals surface area contributed by atoms with Gasteiger partial charge in [-0.15, -0.1) is 0 Å². The highest BCUT2D eigenvalue weighted by Gasteiger charge is 2.52. The average molecular weight is 291 g/mol. The van der Waals surface area contributed by atoms with Gasteiger partial charge in [-0.05, 0) is 50.4 Å². The third-order valence-corrected chi connectivity index (χ3v) is 5.27. The van der Waals surface area contributed by atoms with Crippen molar-refractivity contribution in [1.82, 2.24) is 0 Å². The van der Waals surface area contributed by atoms with Crippen LogP contribution in [0.25, 0.3) is 0 Å². The minimum atomic E-state index is -0.306. The van der Waals surface area contributed by atoms with Gasteiger partial charge in [-0.2, -0.15) is 0 Å². The summed E-state index contributed by atoms with van der Waals surface area (Å²) in [5.41, 5.74) is 0.711. The SMILES string of the molecule is CC1C=C(B2OC(C)(C)C(C)(C)O2)C=NCC1C(C)(C)C. The number of rotatable bonds is 1. The lowest BCUT2D eigenvalue weighted by molar-refractivity contribution is 0.00578. The first kappa shape index (κ1) is 16.8. The number of hydrogen-bond acceptors (Lipinski definition) is 3. The van der Waals surface area contributed by atoms with Crippen LogP contribution in [0.3, 0.4) is 0 Å². The van der Waals surface area contributed by atoms with E-state index in [4.69, 9.17) is 9.31 Å². The highest BCUT2D eigenvalue weighted by molar-refractivity contribution is 6.60. The molecule has 0 bridgehead atoms. The monoisotopic (exact) mass is 291 g/mol. The fraction of sp³-hybridized carbons (Fsp3) is 0.824. The second-order valence-electron chi connectivity index (χ2n) is 8.58. The predicted octanol–water partition coefficient (Wildman–Crippen LogP) is 3.93. The van der Waals surface area contributed by atoms with Gasteiger partial charge in [0.15, 0.2) is 0 Å². The van der Waals surface area contributed by atoms with Crippen molar-refractivity contribution in [3.63, 3.8) is 0 Å². The first-order valence-electron chi connectivity index (χ1n) is 8.01. The summed E-state index contributed by atoms with van der Waals surface area (Å²) >= 11 is 0. The van der Waals surface area contributed by atoms with Gasteiger partial charge in [-0.25, -0.2) is 0 Å². The molecule has 2 aliphatic rings. The van der Waals surface area contributed by atoms with Crippen LogP contribution >= 0.6 is 0 Å². The van der Waals surface area contributed by atoms with E-state index in [0.717, 1.165) is 12.0 Å². The van der Waals surface area contributed by atoms with Gasteiger partial charge in [0.25, 0.3) is 0 Å². The molecule has 0 aromatic rings. The summed E-state index contributed by atoms with van der Waals surface area (Å²) in [4.78, 5) is 4.64. The van der Waals surface area contributed by atoms with Gasteiger partial charge in [0.1, 0.15) is 0 Å². The van der Waals surface area contributed by atoms with Crippen molar-refractivity contribution in [3.8, 4) is 0 Å². The second kappa shape index (κ2) is 5.24. The fourth-order valence-corrected chi connectivity index (χ4v) is 3.08. The number of allylic oxidation sites excluding steroid dienone is 2. The van der Waals surface area contributed by atoms with Crippen LogP contribution in [0.2, 0.25) is 0 Å². The van der Waals surface area contributed by atoms with Gasteiger partial charge in [0.2, 0.25) is 0 Å². The Labute approximate surface area is 130 Å². The molecule has 0 saturated carbocycles.